The number of rotatable bonds is 3. The Kier molecular flexibility index (Phi) is 4.88. The molecule has 120 valence electrons. The van der Waals surface area contributed by atoms with Crippen molar-refractivity contribution in [2.45, 2.75) is 13.0 Å². The van der Waals surface area contributed by atoms with Gasteiger partial charge in [-0.25, -0.2) is 9.18 Å². The van der Waals surface area contributed by atoms with Gasteiger partial charge in [-0.3, -0.25) is 4.90 Å². The molecule has 2 aromatic rings. The van der Waals surface area contributed by atoms with Crippen LogP contribution in [0, 0.1) is 5.82 Å². The molecule has 0 radical (unpaired) electrons. The molecule has 0 aromatic heterocycles. The molecule has 1 atom stereocenters. The summed E-state index contributed by atoms with van der Waals surface area (Å²) >= 11 is 0. The lowest BCUT2D eigenvalue weighted by atomic mass is 10.2. The number of carbonyl (C=O) groups excluding carboxylic acids is 1. The van der Waals surface area contributed by atoms with E-state index in [2.05, 4.69) is 5.32 Å². The van der Waals surface area contributed by atoms with Crippen molar-refractivity contribution in [3.8, 4) is 0 Å². The van der Waals surface area contributed by atoms with Crippen molar-refractivity contribution in [2.75, 3.05) is 25.1 Å². The van der Waals surface area contributed by atoms with E-state index in [-0.39, 0.29) is 11.8 Å². The van der Waals surface area contributed by atoms with Crippen LogP contribution in [0.15, 0.2) is 54.6 Å². The highest BCUT2D eigenvalue weighted by molar-refractivity contribution is 5.89. The first kappa shape index (κ1) is 15.5. The van der Waals surface area contributed by atoms with Crippen molar-refractivity contribution in [3.63, 3.8) is 0 Å². The van der Waals surface area contributed by atoms with Gasteiger partial charge >= 0.3 is 6.03 Å². The van der Waals surface area contributed by atoms with Crippen LogP contribution in [0.1, 0.15) is 12.0 Å². The van der Waals surface area contributed by atoms with Gasteiger partial charge in [0.2, 0.25) is 0 Å². The molecule has 0 aliphatic carbocycles. The molecule has 2 aromatic carbocycles. The first-order chi connectivity index (χ1) is 11.2. The van der Waals surface area contributed by atoms with Gasteiger partial charge in [-0.05, 0) is 18.2 Å². The van der Waals surface area contributed by atoms with E-state index in [1.807, 2.05) is 42.5 Å². The van der Waals surface area contributed by atoms with Crippen LogP contribution in [0.4, 0.5) is 14.9 Å². The molecular weight excluding hydrogens is 293 g/mol. The SMILES string of the molecule is O=C(Nc1ccccc1)N1CCC[NH+](Cc2ccccc2F)C1. The maximum absolute atomic E-state index is 13.8. The highest BCUT2D eigenvalue weighted by Crippen LogP contribution is 2.08. The molecule has 23 heavy (non-hydrogen) atoms. The largest absolute Gasteiger partial charge is 0.326 e. The lowest BCUT2D eigenvalue weighted by Crippen LogP contribution is -3.13. The summed E-state index contributed by atoms with van der Waals surface area (Å²) in [4.78, 5) is 15.4. The Morgan fingerprint density at radius 3 is 2.65 bits per heavy atom. The average molecular weight is 314 g/mol. The third-order valence-electron chi connectivity index (χ3n) is 4.08. The highest BCUT2D eigenvalue weighted by atomic mass is 19.1. The number of para-hydroxylation sites is 1. The first-order valence-corrected chi connectivity index (χ1v) is 7.90. The summed E-state index contributed by atoms with van der Waals surface area (Å²) in [6.07, 6.45) is 0.923. The Labute approximate surface area is 135 Å². The lowest BCUT2D eigenvalue weighted by molar-refractivity contribution is -0.927. The van der Waals surface area contributed by atoms with Gasteiger partial charge in [0, 0.05) is 24.2 Å². The Balaban J connectivity index is 1.59. The molecule has 1 fully saturated rings. The third-order valence-corrected chi connectivity index (χ3v) is 4.08. The number of quaternary nitrogens is 1. The molecule has 1 aliphatic heterocycles. The zero-order valence-corrected chi connectivity index (χ0v) is 13.0. The van der Waals surface area contributed by atoms with Crippen LogP contribution in [0.3, 0.4) is 0 Å². The van der Waals surface area contributed by atoms with Crippen LogP contribution < -0.4 is 10.2 Å². The number of carbonyl (C=O) groups is 1. The second kappa shape index (κ2) is 7.24. The summed E-state index contributed by atoms with van der Waals surface area (Å²) in [5.41, 5.74) is 1.49. The molecule has 1 unspecified atom stereocenters. The van der Waals surface area contributed by atoms with Crippen molar-refractivity contribution in [2.24, 2.45) is 0 Å². The Hall–Kier alpha value is -2.40. The summed E-state index contributed by atoms with van der Waals surface area (Å²) < 4.78 is 13.8. The van der Waals surface area contributed by atoms with Crippen molar-refractivity contribution >= 4 is 11.7 Å². The Bertz CT molecular complexity index is 662. The first-order valence-electron chi connectivity index (χ1n) is 7.90. The van der Waals surface area contributed by atoms with Crippen LogP contribution in [0.5, 0.6) is 0 Å². The van der Waals surface area contributed by atoms with E-state index in [0.717, 1.165) is 25.2 Å². The van der Waals surface area contributed by atoms with Crippen LogP contribution >= 0.6 is 0 Å². The van der Waals surface area contributed by atoms with Gasteiger partial charge in [-0.1, -0.05) is 36.4 Å². The van der Waals surface area contributed by atoms with E-state index in [0.29, 0.717) is 18.8 Å². The smallest absolute Gasteiger partial charge is 0.314 e. The molecule has 0 saturated carbocycles. The van der Waals surface area contributed by atoms with Gasteiger partial charge in [0.25, 0.3) is 0 Å². The molecule has 2 N–H and O–H groups in total. The standard InChI is InChI=1S/C18H20FN3O/c19-17-10-5-4-7-15(17)13-21-11-6-12-22(14-21)18(23)20-16-8-2-1-3-9-16/h1-5,7-10H,6,11-14H2,(H,20,23)/p+1. The molecule has 0 bridgehead atoms. The second-order valence-electron chi connectivity index (χ2n) is 5.84. The number of benzene rings is 2. The van der Waals surface area contributed by atoms with Gasteiger partial charge in [-0.15, -0.1) is 0 Å². The summed E-state index contributed by atoms with van der Waals surface area (Å²) in [6.45, 7) is 2.87. The normalized spacial score (nSPS) is 17.8. The number of anilines is 1. The fourth-order valence-electron chi connectivity index (χ4n) is 2.90. The van der Waals surface area contributed by atoms with Crippen molar-refractivity contribution < 1.29 is 14.1 Å². The van der Waals surface area contributed by atoms with Crippen LogP contribution in [-0.4, -0.2) is 30.7 Å². The van der Waals surface area contributed by atoms with E-state index < -0.39 is 0 Å². The van der Waals surface area contributed by atoms with Gasteiger partial charge in [0.15, 0.2) is 6.67 Å². The predicted molar refractivity (Wildman–Crippen MR) is 87.6 cm³/mol. The zero-order valence-electron chi connectivity index (χ0n) is 13.0. The molecule has 2 amide bonds. The highest BCUT2D eigenvalue weighted by Gasteiger charge is 2.25. The van der Waals surface area contributed by atoms with Crippen LogP contribution in [0.25, 0.3) is 0 Å². The maximum Gasteiger partial charge on any atom is 0.326 e. The fourth-order valence-corrected chi connectivity index (χ4v) is 2.90. The number of hydrogen-bond acceptors (Lipinski definition) is 1. The summed E-state index contributed by atoms with van der Waals surface area (Å²) in [5, 5.41) is 2.91. The summed E-state index contributed by atoms with van der Waals surface area (Å²) in [6, 6.07) is 16.2. The molecule has 1 heterocycles. The van der Waals surface area contributed by atoms with Crippen LogP contribution in [-0.2, 0) is 6.54 Å². The third kappa shape index (κ3) is 4.07. The molecule has 5 heteroatoms. The van der Waals surface area contributed by atoms with Crippen molar-refractivity contribution in [1.82, 2.24) is 4.90 Å². The number of halogens is 1. The maximum atomic E-state index is 13.8. The van der Waals surface area contributed by atoms with E-state index in [4.69, 9.17) is 0 Å². The number of urea groups is 1. The van der Waals surface area contributed by atoms with E-state index in [1.54, 1.807) is 11.0 Å². The average Bonchev–Trinajstić information content (AvgIpc) is 2.58. The van der Waals surface area contributed by atoms with E-state index >= 15 is 0 Å². The van der Waals surface area contributed by atoms with Crippen LogP contribution in [0.2, 0.25) is 0 Å². The number of nitrogens with zero attached hydrogens (tertiary/aromatic N) is 1. The lowest BCUT2D eigenvalue weighted by Gasteiger charge is -2.32. The Morgan fingerprint density at radius 2 is 1.87 bits per heavy atom. The summed E-state index contributed by atoms with van der Waals surface area (Å²) in [5.74, 6) is -0.175. The molecule has 1 saturated heterocycles. The molecule has 1 aliphatic rings. The van der Waals surface area contributed by atoms with Gasteiger partial charge in [0.05, 0.1) is 6.54 Å². The monoisotopic (exact) mass is 314 g/mol. The number of amides is 2. The Morgan fingerprint density at radius 1 is 1.13 bits per heavy atom. The predicted octanol–water partition coefficient (Wildman–Crippen LogP) is 2.11. The topological polar surface area (TPSA) is 36.8 Å². The van der Waals surface area contributed by atoms with Crippen molar-refractivity contribution in [1.29, 1.82) is 0 Å². The summed E-state index contributed by atoms with van der Waals surface area (Å²) in [7, 11) is 0. The minimum Gasteiger partial charge on any atom is -0.314 e. The quantitative estimate of drug-likeness (QED) is 0.894. The van der Waals surface area contributed by atoms with E-state index in [9.17, 15) is 9.18 Å². The number of nitrogens with one attached hydrogen (secondary N) is 2. The second-order valence-corrected chi connectivity index (χ2v) is 5.84. The minimum absolute atomic E-state index is 0.0954. The zero-order chi connectivity index (χ0) is 16.1. The van der Waals surface area contributed by atoms with Crippen molar-refractivity contribution in [3.05, 3.63) is 66.0 Å². The van der Waals surface area contributed by atoms with Gasteiger partial charge < -0.3 is 10.2 Å². The molecule has 4 nitrogen and oxygen atoms in total. The minimum atomic E-state index is -0.175. The molecular formula is C18H21FN3O+. The number of hydrogen-bond donors (Lipinski definition) is 2. The van der Waals surface area contributed by atoms with Gasteiger partial charge in [-0.2, -0.15) is 0 Å². The fraction of sp³-hybridized carbons (Fsp3) is 0.278. The van der Waals surface area contributed by atoms with E-state index in [1.165, 1.54) is 11.0 Å². The molecule has 0 spiro atoms. The molecule has 3 rings (SSSR count). The van der Waals surface area contributed by atoms with Gasteiger partial charge in [0.1, 0.15) is 12.4 Å².